The van der Waals surface area contributed by atoms with Crippen molar-refractivity contribution in [3.8, 4) is 0 Å². The zero-order valence-corrected chi connectivity index (χ0v) is 37.1. The van der Waals surface area contributed by atoms with E-state index >= 15 is 0 Å². The third kappa shape index (κ3) is 22.6. The van der Waals surface area contributed by atoms with Gasteiger partial charge in [-0.25, -0.2) is 4.98 Å². The third-order valence-corrected chi connectivity index (χ3v) is 11.3. The Kier molecular flexibility index (Phi) is 25.3. The molecule has 0 saturated heterocycles. The summed E-state index contributed by atoms with van der Waals surface area (Å²) in [6, 6.07) is -5.70. The molecular formula is C38H52N10O15S2. The number of nitrogens with two attached hydrogens (primary N) is 2. The average Bonchev–Trinajstić information content (AvgIpc) is 3.24. The molecule has 0 saturated carbocycles. The van der Waals surface area contributed by atoms with E-state index in [4.69, 9.17) is 31.9 Å². The van der Waals surface area contributed by atoms with Gasteiger partial charge in [0.25, 0.3) is 0 Å². The second kappa shape index (κ2) is 29.1. The number of Topliss-reactive ketones (excluding diaryl/α,β-unsaturated/α-hetero) is 3. The highest BCUT2D eigenvalue weighted by atomic mass is 32.2. The number of aliphatic imine (C=N–C) groups is 2. The summed E-state index contributed by atoms with van der Waals surface area (Å²) in [4.78, 5) is 151. The predicted octanol–water partition coefficient (Wildman–Crippen LogP) is -1.75. The van der Waals surface area contributed by atoms with Gasteiger partial charge in [-0.15, -0.1) is 23.5 Å². The van der Waals surface area contributed by atoms with Crippen LogP contribution in [0, 0.1) is 0 Å². The summed E-state index contributed by atoms with van der Waals surface area (Å²) in [5, 5.41) is 43.5. The van der Waals surface area contributed by atoms with E-state index in [1.807, 2.05) is 0 Å². The molecule has 356 valence electrons. The minimum Gasteiger partial charge on any atom is -0.480 e. The van der Waals surface area contributed by atoms with Crippen LogP contribution in [0.2, 0.25) is 0 Å². The lowest BCUT2D eigenvalue weighted by Crippen LogP contribution is -2.49. The van der Waals surface area contributed by atoms with Gasteiger partial charge in [-0.05, 0) is 26.5 Å². The molecule has 0 aliphatic rings. The molecule has 65 heavy (non-hydrogen) atoms. The Morgan fingerprint density at radius 2 is 1.23 bits per heavy atom. The molecule has 3 unspecified atom stereocenters. The van der Waals surface area contributed by atoms with Gasteiger partial charge in [0.2, 0.25) is 23.6 Å². The molecule has 0 fully saturated rings. The van der Waals surface area contributed by atoms with Crippen molar-refractivity contribution < 1.29 is 73.2 Å². The normalized spacial score (nSPS) is 14.2. The van der Waals surface area contributed by atoms with Crippen LogP contribution in [0.5, 0.6) is 0 Å². The van der Waals surface area contributed by atoms with Crippen LogP contribution >= 0.6 is 23.5 Å². The number of nitrogens with one attached hydrogen (secondary N) is 4. The molecule has 4 amide bonds. The average molecular weight is 953 g/mol. The second-order valence-corrected chi connectivity index (χ2v) is 16.4. The molecule has 12 N–H and O–H groups in total. The van der Waals surface area contributed by atoms with E-state index in [-0.39, 0.29) is 47.1 Å². The van der Waals surface area contributed by atoms with Gasteiger partial charge < -0.3 is 53.2 Å². The number of nitrogens with zero attached hydrogens (tertiary/aromatic N) is 4. The van der Waals surface area contributed by atoms with Crippen molar-refractivity contribution in [3.05, 3.63) is 35.7 Å². The van der Waals surface area contributed by atoms with Crippen molar-refractivity contribution >= 4 is 101 Å². The first kappa shape index (κ1) is 56.6. The zero-order chi connectivity index (χ0) is 49.4. The Morgan fingerprint density at radius 3 is 1.63 bits per heavy atom. The Bertz CT molecular complexity index is 2020. The fourth-order valence-corrected chi connectivity index (χ4v) is 7.40. The molecule has 0 aromatic carbocycles. The number of hydrogen-bond acceptors (Lipinski definition) is 19. The van der Waals surface area contributed by atoms with Gasteiger partial charge in [0.1, 0.15) is 48.7 Å². The lowest BCUT2D eigenvalue weighted by atomic mass is 10.1. The van der Waals surface area contributed by atoms with E-state index < -0.39 is 138 Å². The molecule has 0 aliphatic heterocycles. The van der Waals surface area contributed by atoms with Crippen molar-refractivity contribution in [1.82, 2.24) is 31.2 Å². The minimum atomic E-state index is -1.46. The molecule has 1 rings (SSSR count). The summed E-state index contributed by atoms with van der Waals surface area (Å²) in [5.41, 5.74) is 11.1. The maximum atomic E-state index is 14.1. The standard InChI is InChI=1S/C38H52N10O15S2/c1-18(19(2)49)42-12-25(41-4)29(64-16-27(35(58)45-14-33(54)55)47-31(52)7-5-22(39)37(60)61)9-21(51)10-30(26-13-43-24(11-44-26)20(3)50)65-17-28(36(59)46-15-34(56)57)48-32(53)8-6-23(40)38(62)63/h11-13,22-23,27-30H,4-10,14-17,39-40H2,1-3H3,(H,45,58)(H,46,59)(H,47,52)(H,48,53)(H,54,55)(H,56,57)(H,60,61)(H,62,63)/b25-12-,42-18+/t22-,23+,27+,28?,29?,30?/m1/s1. The van der Waals surface area contributed by atoms with Crippen LogP contribution in [0.4, 0.5) is 0 Å². The molecular weight excluding hydrogens is 901 g/mol. The maximum absolute atomic E-state index is 14.1. The van der Waals surface area contributed by atoms with Gasteiger partial charge in [-0.3, -0.25) is 67.7 Å². The molecule has 0 aliphatic carbocycles. The predicted molar refractivity (Wildman–Crippen MR) is 234 cm³/mol. The monoisotopic (exact) mass is 952 g/mol. The molecule has 25 nitrogen and oxygen atoms in total. The maximum Gasteiger partial charge on any atom is 0.322 e. The Morgan fingerprint density at radius 1 is 0.738 bits per heavy atom. The van der Waals surface area contributed by atoms with Gasteiger partial charge in [-0.2, -0.15) is 0 Å². The lowest BCUT2D eigenvalue weighted by Gasteiger charge is -2.23. The first-order valence-electron chi connectivity index (χ1n) is 19.3. The lowest BCUT2D eigenvalue weighted by molar-refractivity contribution is -0.140. The molecule has 6 atom stereocenters. The van der Waals surface area contributed by atoms with Crippen molar-refractivity contribution in [3.63, 3.8) is 0 Å². The molecule has 1 aromatic rings. The summed E-state index contributed by atoms with van der Waals surface area (Å²) in [5.74, 6) is -11.1. The number of carboxylic acids is 4. The van der Waals surface area contributed by atoms with E-state index in [1.54, 1.807) is 0 Å². The van der Waals surface area contributed by atoms with E-state index in [9.17, 15) is 52.7 Å². The van der Waals surface area contributed by atoms with Crippen molar-refractivity contribution in [1.29, 1.82) is 0 Å². The summed E-state index contributed by atoms with van der Waals surface area (Å²) < 4.78 is 0. The smallest absolute Gasteiger partial charge is 0.322 e. The molecule has 0 bridgehead atoms. The SMILES string of the molecule is C=N/C(=C\N=C(/C)C(C)=O)C(CC(=O)CC(SCC(NC(=O)CC[C@H](N)C(=O)O)C(=O)NCC(=O)O)c1cnc(C(C)=O)cn1)SC[C@H](NC(=O)CC[C@@H](N)C(=O)O)C(=O)NCC(=O)O. The number of aliphatic carboxylic acids is 4. The summed E-state index contributed by atoms with van der Waals surface area (Å²) in [6.45, 7) is 5.78. The highest BCUT2D eigenvalue weighted by molar-refractivity contribution is 8.00. The van der Waals surface area contributed by atoms with Crippen molar-refractivity contribution in [2.45, 2.75) is 94.0 Å². The third-order valence-electron chi connectivity index (χ3n) is 8.66. The fourth-order valence-electron chi connectivity index (χ4n) is 4.88. The molecule has 1 heterocycles. The van der Waals surface area contributed by atoms with Crippen LogP contribution in [-0.2, 0) is 47.9 Å². The number of carbonyl (C=O) groups excluding carboxylic acids is 7. The topological polar surface area (TPSA) is 419 Å². The van der Waals surface area contributed by atoms with Crippen molar-refractivity contribution in [2.75, 3.05) is 24.6 Å². The van der Waals surface area contributed by atoms with Crippen LogP contribution in [0.1, 0.15) is 80.7 Å². The molecule has 27 heteroatoms. The summed E-state index contributed by atoms with van der Waals surface area (Å²) >= 11 is 1.77. The number of carbonyl (C=O) groups is 11. The fraction of sp³-hybridized carbons (Fsp3) is 0.500. The molecule has 0 spiro atoms. The number of thioether (sulfide) groups is 2. The number of rotatable bonds is 32. The van der Waals surface area contributed by atoms with E-state index in [1.165, 1.54) is 27.0 Å². The highest BCUT2D eigenvalue weighted by Crippen LogP contribution is 2.34. The summed E-state index contributed by atoms with van der Waals surface area (Å²) in [7, 11) is 0. The highest BCUT2D eigenvalue weighted by Gasteiger charge is 2.30. The first-order valence-corrected chi connectivity index (χ1v) is 21.4. The second-order valence-electron chi connectivity index (χ2n) is 13.9. The van der Waals surface area contributed by atoms with E-state index in [2.05, 4.69) is 47.9 Å². The van der Waals surface area contributed by atoms with Crippen LogP contribution in [0.15, 0.2) is 34.3 Å². The Labute approximate surface area is 379 Å². The van der Waals surface area contributed by atoms with Gasteiger partial charge >= 0.3 is 23.9 Å². The van der Waals surface area contributed by atoms with E-state index in [0.717, 1.165) is 35.9 Å². The summed E-state index contributed by atoms with van der Waals surface area (Å²) in [6.07, 6.45) is 1.23. The van der Waals surface area contributed by atoms with Gasteiger partial charge in [0.05, 0.1) is 40.0 Å². The van der Waals surface area contributed by atoms with Gasteiger partial charge in [0, 0.05) is 57.2 Å². The first-order chi connectivity index (χ1) is 30.4. The van der Waals surface area contributed by atoms with Crippen LogP contribution in [0.3, 0.4) is 0 Å². The van der Waals surface area contributed by atoms with Gasteiger partial charge in [0.15, 0.2) is 11.6 Å². The largest absolute Gasteiger partial charge is 0.480 e. The van der Waals surface area contributed by atoms with Crippen LogP contribution in [0.25, 0.3) is 0 Å². The van der Waals surface area contributed by atoms with Gasteiger partial charge in [-0.1, -0.05) is 0 Å². The molecule has 0 radical (unpaired) electrons. The quantitative estimate of drug-likeness (QED) is 0.0283. The van der Waals surface area contributed by atoms with Crippen LogP contribution < -0.4 is 32.7 Å². The number of ketones is 3. The zero-order valence-electron chi connectivity index (χ0n) is 35.5. The molecule has 1 aromatic heterocycles. The number of hydrogen-bond donors (Lipinski definition) is 10. The Hall–Kier alpha value is -6.45. The number of amides is 4. The Balaban J connectivity index is 3.64. The van der Waals surface area contributed by atoms with E-state index in [0.29, 0.717) is 0 Å². The number of aromatic nitrogens is 2. The van der Waals surface area contributed by atoms with Crippen molar-refractivity contribution in [2.24, 2.45) is 21.5 Å². The number of carboxylic acid groups (broad SMARTS) is 4. The minimum absolute atomic E-state index is 0.0164. The van der Waals surface area contributed by atoms with Crippen LogP contribution in [-0.4, -0.2) is 162 Å².